The second-order valence-corrected chi connectivity index (χ2v) is 6.97. The predicted octanol–water partition coefficient (Wildman–Crippen LogP) is 4.13. The predicted molar refractivity (Wildman–Crippen MR) is 125 cm³/mol. The number of nitrogens with one attached hydrogen (secondary N) is 1. The van der Waals surface area contributed by atoms with Crippen LogP contribution in [0, 0.1) is 5.92 Å². The molecule has 0 saturated heterocycles. The van der Waals surface area contributed by atoms with Gasteiger partial charge in [-0.2, -0.15) is 0 Å². The molecule has 1 saturated carbocycles. The zero-order valence-corrected chi connectivity index (χ0v) is 19.3. The largest absolute Gasteiger partial charge is 0.497 e. The zero-order valence-electron chi connectivity index (χ0n) is 17.0. The number of ether oxygens (including phenoxy) is 2. The van der Waals surface area contributed by atoms with Crippen LogP contribution < -0.4 is 14.8 Å². The summed E-state index contributed by atoms with van der Waals surface area (Å²) in [5.41, 5.74) is 2.54. The third-order valence-corrected chi connectivity index (χ3v) is 5.15. The van der Waals surface area contributed by atoms with Crippen molar-refractivity contribution in [3.63, 3.8) is 0 Å². The van der Waals surface area contributed by atoms with E-state index in [1.807, 2.05) is 32.3 Å². The third-order valence-electron chi connectivity index (χ3n) is 5.15. The van der Waals surface area contributed by atoms with Crippen molar-refractivity contribution in [2.45, 2.75) is 18.9 Å². The minimum atomic E-state index is 0. The molecule has 1 N–H and O–H groups in total. The topological polar surface area (TPSA) is 46.1 Å². The van der Waals surface area contributed by atoms with Gasteiger partial charge in [0, 0.05) is 38.8 Å². The Morgan fingerprint density at radius 2 is 1.89 bits per heavy atom. The van der Waals surface area contributed by atoms with Gasteiger partial charge in [0.1, 0.15) is 11.5 Å². The maximum atomic E-state index is 5.51. The number of rotatable bonds is 7. The van der Waals surface area contributed by atoms with Crippen molar-refractivity contribution in [1.82, 2.24) is 10.2 Å². The summed E-state index contributed by atoms with van der Waals surface area (Å²) in [6, 6.07) is 16.7. The van der Waals surface area contributed by atoms with Crippen LogP contribution in [-0.2, 0) is 6.54 Å². The van der Waals surface area contributed by atoms with E-state index in [9.17, 15) is 0 Å². The molecule has 1 fully saturated rings. The molecule has 2 aromatic carbocycles. The molecule has 5 nitrogen and oxygen atoms in total. The van der Waals surface area contributed by atoms with Gasteiger partial charge in [-0.05, 0) is 36.0 Å². The van der Waals surface area contributed by atoms with Crippen LogP contribution in [0.5, 0.6) is 11.5 Å². The van der Waals surface area contributed by atoms with E-state index >= 15 is 0 Å². The van der Waals surface area contributed by atoms with E-state index in [1.54, 1.807) is 14.2 Å². The molecule has 0 amide bonds. The van der Waals surface area contributed by atoms with E-state index in [1.165, 1.54) is 12.0 Å². The maximum absolute atomic E-state index is 5.51. The van der Waals surface area contributed by atoms with E-state index < -0.39 is 0 Å². The van der Waals surface area contributed by atoms with Crippen LogP contribution in [0.1, 0.15) is 23.5 Å². The van der Waals surface area contributed by atoms with Crippen molar-refractivity contribution in [2.75, 3.05) is 34.9 Å². The highest BCUT2D eigenvalue weighted by Gasteiger charge is 2.37. The Morgan fingerprint density at radius 1 is 1.14 bits per heavy atom. The van der Waals surface area contributed by atoms with Crippen LogP contribution in [-0.4, -0.2) is 45.7 Å². The van der Waals surface area contributed by atoms with Crippen LogP contribution in [0.2, 0.25) is 0 Å². The molecule has 152 valence electrons. The highest BCUT2D eigenvalue weighted by Crippen LogP contribution is 2.46. The lowest BCUT2D eigenvalue weighted by atomic mass is 10.1. The van der Waals surface area contributed by atoms with Crippen LogP contribution in [0.3, 0.4) is 0 Å². The summed E-state index contributed by atoms with van der Waals surface area (Å²) < 4.78 is 10.8. The molecule has 28 heavy (non-hydrogen) atoms. The summed E-state index contributed by atoms with van der Waals surface area (Å²) >= 11 is 0. The monoisotopic (exact) mass is 495 g/mol. The fourth-order valence-corrected chi connectivity index (χ4v) is 3.50. The van der Waals surface area contributed by atoms with Crippen LogP contribution in [0.25, 0.3) is 0 Å². The number of aliphatic imine (C=N–C) groups is 1. The Morgan fingerprint density at radius 3 is 2.54 bits per heavy atom. The standard InChI is InChI=1S/C22H29N3O2.HI/c1-23-22(24-14-18-12-20(18)16-8-6-5-7-9-16)25(2)15-17-10-11-19(26-3)13-21(17)27-4;/h5-11,13,18,20H,12,14-15H2,1-4H3,(H,23,24);1H. The van der Waals surface area contributed by atoms with Gasteiger partial charge >= 0.3 is 0 Å². The van der Waals surface area contributed by atoms with E-state index in [-0.39, 0.29) is 24.0 Å². The zero-order chi connectivity index (χ0) is 19.2. The quantitative estimate of drug-likeness (QED) is 0.357. The van der Waals surface area contributed by atoms with E-state index in [0.29, 0.717) is 18.4 Å². The highest BCUT2D eigenvalue weighted by atomic mass is 127. The number of halogens is 1. The van der Waals surface area contributed by atoms with Crippen LogP contribution >= 0.6 is 24.0 Å². The fourth-order valence-electron chi connectivity index (χ4n) is 3.50. The molecule has 2 atom stereocenters. The Balaban J connectivity index is 0.00000280. The first kappa shape index (κ1) is 22.3. The molecule has 1 aliphatic carbocycles. The second kappa shape index (κ2) is 10.5. The molecule has 0 radical (unpaired) electrons. The molecule has 0 heterocycles. The van der Waals surface area contributed by atoms with Gasteiger partial charge in [-0.15, -0.1) is 24.0 Å². The summed E-state index contributed by atoms with van der Waals surface area (Å²) in [4.78, 5) is 6.55. The van der Waals surface area contributed by atoms with Crippen LogP contribution in [0.4, 0.5) is 0 Å². The molecule has 0 spiro atoms. The minimum Gasteiger partial charge on any atom is -0.497 e. The summed E-state index contributed by atoms with van der Waals surface area (Å²) in [6.45, 7) is 1.65. The van der Waals surface area contributed by atoms with Crippen molar-refractivity contribution in [2.24, 2.45) is 10.9 Å². The van der Waals surface area contributed by atoms with Crippen molar-refractivity contribution in [3.05, 3.63) is 59.7 Å². The van der Waals surface area contributed by atoms with Gasteiger partial charge in [0.2, 0.25) is 0 Å². The summed E-state index contributed by atoms with van der Waals surface area (Å²) in [6.07, 6.45) is 1.24. The maximum Gasteiger partial charge on any atom is 0.193 e. The summed E-state index contributed by atoms with van der Waals surface area (Å²) in [7, 11) is 7.21. The SMILES string of the molecule is CN=C(NCC1CC1c1ccccc1)N(C)Cc1ccc(OC)cc1OC.I. The number of hydrogen-bond acceptors (Lipinski definition) is 3. The lowest BCUT2D eigenvalue weighted by Crippen LogP contribution is -2.39. The van der Waals surface area contributed by atoms with Gasteiger partial charge < -0.3 is 19.7 Å². The Kier molecular flexibility index (Phi) is 8.41. The fraction of sp³-hybridized carbons (Fsp3) is 0.409. The van der Waals surface area contributed by atoms with Gasteiger partial charge in [-0.1, -0.05) is 30.3 Å². The first-order valence-electron chi connectivity index (χ1n) is 9.34. The summed E-state index contributed by atoms with van der Waals surface area (Å²) in [5.74, 6) is 3.85. The summed E-state index contributed by atoms with van der Waals surface area (Å²) in [5, 5.41) is 3.52. The van der Waals surface area contributed by atoms with Crippen molar-refractivity contribution in [3.8, 4) is 11.5 Å². The Hall–Kier alpha value is -1.96. The average molecular weight is 495 g/mol. The van der Waals surface area contributed by atoms with Gasteiger partial charge in [0.25, 0.3) is 0 Å². The van der Waals surface area contributed by atoms with Crippen molar-refractivity contribution < 1.29 is 9.47 Å². The number of hydrogen-bond donors (Lipinski definition) is 1. The molecule has 0 bridgehead atoms. The lowest BCUT2D eigenvalue weighted by molar-refractivity contribution is 0.382. The molecular formula is C22H30IN3O2. The molecule has 0 aliphatic heterocycles. The number of methoxy groups -OCH3 is 2. The second-order valence-electron chi connectivity index (χ2n) is 6.97. The molecule has 3 rings (SSSR count). The first-order valence-corrected chi connectivity index (χ1v) is 9.34. The first-order chi connectivity index (χ1) is 13.2. The van der Waals surface area contributed by atoms with E-state index in [4.69, 9.17) is 9.47 Å². The Bertz CT molecular complexity index is 783. The average Bonchev–Trinajstić information content (AvgIpc) is 3.49. The number of guanidine groups is 1. The molecular weight excluding hydrogens is 465 g/mol. The number of nitrogens with zero attached hydrogens (tertiary/aromatic N) is 2. The molecule has 1 aliphatic rings. The van der Waals surface area contributed by atoms with Crippen LogP contribution in [0.15, 0.2) is 53.5 Å². The van der Waals surface area contributed by atoms with Crippen molar-refractivity contribution >= 4 is 29.9 Å². The molecule has 6 heteroatoms. The van der Waals surface area contributed by atoms with E-state index in [0.717, 1.165) is 29.6 Å². The normalized spacial score (nSPS) is 18.1. The van der Waals surface area contributed by atoms with Gasteiger partial charge in [-0.25, -0.2) is 0 Å². The third kappa shape index (κ3) is 5.53. The smallest absolute Gasteiger partial charge is 0.193 e. The van der Waals surface area contributed by atoms with Gasteiger partial charge in [0.05, 0.1) is 14.2 Å². The minimum absolute atomic E-state index is 0. The molecule has 2 aromatic rings. The molecule has 0 aromatic heterocycles. The highest BCUT2D eigenvalue weighted by molar-refractivity contribution is 14.0. The molecule has 2 unspecified atom stereocenters. The van der Waals surface area contributed by atoms with E-state index in [2.05, 4.69) is 45.5 Å². The van der Waals surface area contributed by atoms with Gasteiger partial charge in [-0.3, -0.25) is 4.99 Å². The van der Waals surface area contributed by atoms with Gasteiger partial charge in [0.15, 0.2) is 5.96 Å². The Labute approximate surface area is 185 Å². The lowest BCUT2D eigenvalue weighted by Gasteiger charge is -2.23. The number of benzene rings is 2. The van der Waals surface area contributed by atoms with Crippen molar-refractivity contribution in [1.29, 1.82) is 0 Å².